The van der Waals surface area contributed by atoms with E-state index in [-0.39, 0.29) is 0 Å². The van der Waals surface area contributed by atoms with Crippen LogP contribution in [0.4, 0.5) is 11.8 Å². The molecule has 0 saturated heterocycles. The number of nitrogens with two attached hydrogens (primary N) is 1. The fraction of sp³-hybridized carbons (Fsp3) is 0.500. The van der Waals surface area contributed by atoms with Gasteiger partial charge in [-0.15, -0.1) is 11.3 Å². The lowest BCUT2D eigenvalue weighted by molar-refractivity contribution is 0.879. The van der Waals surface area contributed by atoms with Gasteiger partial charge in [-0.05, 0) is 38.7 Å². The van der Waals surface area contributed by atoms with Crippen LogP contribution in [0.5, 0.6) is 0 Å². The first-order valence-electron chi connectivity index (χ1n) is 5.99. The SMILES string of the molecule is CC(C)Nc1nc(N)c2c3c(sc2n1)CCC3. The summed E-state index contributed by atoms with van der Waals surface area (Å²) in [6.07, 6.45) is 3.53. The first kappa shape index (κ1) is 10.8. The van der Waals surface area contributed by atoms with E-state index in [0.29, 0.717) is 17.8 Å². The normalized spacial score (nSPS) is 14.5. The van der Waals surface area contributed by atoms with Gasteiger partial charge in [-0.2, -0.15) is 4.98 Å². The number of aryl methyl sites for hydroxylation is 2. The molecule has 2 aromatic rings. The summed E-state index contributed by atoms with van der Waals surface area (Å²) >= 11 is 1.77. The fourth-order valence-electron chi connectivity index (χ4n) is 2.35. The first-order chi connectivity index (χ1) is 8.15. The van der Waals surface area contributed by atoms with Crippen LogP contribution in [0.15, 0.2) is 0 Å². The largest absolute Gasteiger partial charge is 0.383 e. The maximum absolute atomic E-state index is 6.07. The average molecular weight is 248 g/mol. The third-order valence-electron chi connectivity index (χ3n) is 3.01. The molecule has 0 atom stereocenters. The number of thiophene rings is 1. The van der Waals surface area contributed by atoms with Crippen molar-refractivity contribution in [2.45, 2.75) is 39.2 Å². The maximum atomic E-state index is 6.07. The molecule has 3 rings (SSSR count). The van der Waals surface area contributed by atoms with Crippen molar-refractivity contribution in [1.29, 1.82) is 0 Å². The van der Waals surface area contributed by atoms with Crippen molar-refractivity contribution in [3.05, 3.63) is 10.4 Å². The van der Waals surface area contributed by atoms with E-state index in [0.717, 1.165) is 16.6 Å². The summed E-state index contributed by atoms with van der Waals surface area (Å²) in [4.78, 5) is 11.4. The van der Waals surface area contributed by atoms with Crippen LogP contribution in [0.2, 0.25) is 0 Å². The Kier molecular flexibility index (Phi) is 2.43. The molecule has 0 spiro atoms. The Labute approximate surface area is 104 Å². The van der Waals surface area contributed by atoms with Crippen LogP contribution in [-0.2, 0) is 12.8 Å². The standard InChI is InChI=1S/C12H16N4S/c1-6(2)14-12-15-10(13)9-7-4-3-5-8(7)17-11(9)16-12/h6H,3-5H2,1-2H3,(H3,13,14,15,16). The number of anilines is 2. The Morgan fingerprint density at radius 2 is 2.12 bits per heavy atom. The lowest BCUT2D eigenvalue weighted by Crippen LogP contribution is -2.13. The summed E-state index contributed by atoms with van der Waals surface area (Å²) < 4.78 is 0. The molecule has 0 saturated carbocycles. The number of hydrogen-bond donors (Lipinski definition) is 2. The molecule has 4 nitrogen and oxygen atoms in total. The Balaban J connectivity index is 2.15. The number of hydrogen-bond acceptors (Lipinski definition) is 5. The van der Waals surface area contributed by atoms with E-state index in [1.54, 1.807) is 11.3 Å². The third-order valence-corrected chi connectivity index (χ3v) is 4.20. The molecule has 1 aliphatic rings. The minimum Gasteiger partial charge on any atom is -0.383 e. The molecule has 0 unspecified atom stereocenters. The number of nitrogens with zero attached hydrogens (tertiary/aromatic N) is 2. The molecule has 2 heterocycles. The number of aromatic nitrogens is 2. The highest BCUT2D eigenvalue weighted by molar-refractivity contribution is 7.19. The Morgan fingerprint density at radius 3 is 2.88 bits per heavy atom. The lowest BCUT2D eigenvalue weighted by atomic mass is 10.2. The van der Waals surface area contributed by atoms with Crippen LogP contribution in [0, 0.1) is 0 Å². The number of fused-ring (bicyclic) bond motifs is 3. The molecule has 0 bridgehead atoms. The first-order valence-corrected chi connectivity index (χ1v) is 6.81. The second kappa shape index (κ2) is 3.84. The molecule has 5 heteroatoms. The molecule has 0 radical (unpaired) electrons. The summed E-state index contributed by atoms with van der Waals surface area (Å²) in [7, 11) is 0. The predicted molar refractivity (Wildman–Crippen MR) is 72.6 cm³/mol. The predicted octanol–water partition coefficient (Wildman–Crippen LogP) is 2.58. The van der Waals surface area contributed by atoms with Crippen molar-refractivity contribution < 1.29 is 0 Å². The van der Waals surface area contributed by atoms with E-state index >= 15 is 0 Å². The zero-order chi connectivity index (χ0) is 12.0. The molecular weight excluding hydrogens is 232 g/mol. The zero-order valence-corrected chi connectivity index (χ0v) is 10.9. The minimum absolute atomic E-state index is 0.318. The van der Waals surface area contributed by atoms with Crippen molar-refractivity contribution in [2.24, 2.45) is 0 Å². The summed E-state index contributed by atoms with van der Waals surface area (Å²) in [6.45, 7) is 4.14. The minimum atomic E-state index is 0.318. The molecule has 0 fully saturated rings. The highest BCUT2D eigenvalue weighted by Gasteiger charge is 2.21. The third kappa shape index (κ3) is 1.74. The van der Waals surface area contributed by atoms with Crippen LogP contribution < -0.4 is 11.1 Å². The molecular formula is C12H16N4S. The Morgan fingerprint density at radius 1 is 1.29 bits per heavy atom. The van der Waals surface area contributed by atoms with Crippen LogP contribution in [0.25, 0.3) is 10.2 Å². The van der Waals surface area contributed by atoms with Gasteiger partial charge < -0.3 is 11.1 Å². The summed E-state index contributed by atoms with van der Waals surface area (Å²) in [5.41, 5.74) is 7.45. The van der Waals surface area contributed by atoms with Crippen molar-refractivity contribution >= 4 is 33.3 Å². The second-order valence-electron chi connectivity index (χ2n) is 4.77. The van der Waals surface area contributed by atoms with E-state index in [1.165, 1.54) is 23.3 Å². The highest BCUT2D eigenvalue weighted by Crippen LogP contribution is 2.38. The zero-order valence-electron chi connectivity index (χ0n) is 10.1. The van der Waals surface area contributed by atoms with Gasteiger partial charge >= 0.3 is 0 Å². The van der Waals surface area contributed by atoms with Gasteiger partial charge in [-0.25, -0.2) is 4.98 Å². The van der Waals surface area contributed by atoms with Gasteiger partial charge in [0.15, 0.2) is 0 Å². The molecule has 90 valence electrons. The molecule has 0 aliphatic heterocycles. The number of nitrogens with one attached hydrogen (secondary N) is 1. The molecule has 0 amide bonds. The van der Waals surface area contributed by atoms with E-state index in [4.69, 9.17) is 5.73 Å². The van der Waals surface area contributed by atoms with Gasteiger partial charge in [0.05, 0.1) is 5.39 Å². The molecule has 0 aromatic carbocycles. The molecule has 17 heavy (non-hydrogen) atoms. The Hall–Kier alpha value is -1.36. The van der Waals surface area contributed by atoms with Crippen molar-refractivity contribution in [1.82, 2.24) is 9.97 Å². The summed E-state index contributed by atoms with van der Waals surface area (Å²) in [5.74, 6) is 1.27. The Bertz CT molecular complexity index is 573. The maximum Gasteiger partial charge on any atom is 0.226 e. The van der Waals surface area contributed by atoms with Gasteiger partial charge in [-0.1, -0.05) is 0 Å². The van der Waals surface area contributed by atoms with E-state index in [2.05, 4.69) is 29.1 Å². The molecule has 2 aromatic heterocycles. The topological polar surface area (TPSA) is 63.8 Å². The second-order valence-corrected chi connectivity index (χ2v) is 5.85. The summed E-state index contributed by atoms with van der Waals surface area (Å²) in [5, 5.41) is 4.30. The number of rotatable bonds is 2. The van der Waals surface area contributed by atoms with Gasteiger partial charge in [0, 0.05) is 10.9 Å². The van der Waals surface area contributed by atoms with E-state index in [1.807, 2.05) is 0 Å². The molecule has 1 aliphatic carbocycles. The van der Waals surface area contributed by atoms with E-state index in [9.17, 15) is 0 Å². The van der Waals surface area contributed by atoms with Crippen LogP contribution in [-0.4, -0.2) is 16.0 Å². The van der Waals surface area contributed by atoms with Gasteiger partial charge in [0.1, 0.15) is 10.6 Å². The van der Waals surface area contributed by atoms with Crippen LogP contribution in [0.1, 0.15) is 30.7 Å². The van der Waals surface area contributed by atoms with Gasteiger partial charge in [0.25, 0.3) is 0 Å². The average Bonchev–Trinajstić information content (AvgIpc) is 2.74. The monoisotopic (exact) mass is 248 g/mol. The smallest absolute Gasteiger partial charge is 0.226 e. The summed E-state index contributed by atoms with van der Waals surface area (Å²) in [6, 6.07) is 0.318. The van der Waals surface area contributed by atoms with Crippen molar-refractivity contribution in [2.75, 3.05) is 11.1 Å². The van der Waals surface area contributed by atoms with Gasteiger partial charge in [-0.3, -0.25) is 0 Å². The van der Waals surface area contributed by atoms with Crippen LogP contribution >= 0.6 is 11.3 Å². The number of nitrogen functional groups attached to an aromatic ring is 1. The van der Waals surface area contributed by atoms with Crippen molar-refractivity contribution in [3.63, 3.8) is 0 Å². The van der Waals surface area contributed by atoms with Gasteiger partial charge in [0.2, 0.25) is 5.95 Å². The van der Waals surface area contributed by atoms with Crippen LogP contribution in [0.3, 0.4) is 0 Å². The molecule has 3 N–H and O–H groups in total. The quantitative estimate of drug-likeness (QED) is 0.857. The fourth-order valence-corrected chi connectivity index (χ4v) is 3.62. The van der Waals surface area contributed by atoms with Crippen molar-refractivity contribution in [3.8, 4) is 0 Å². The highest BCUT2D eigenvalue weighted by atomic mass is 32.1. The van der Waals surface area contributed by atoms with E-state index < -0.39 is 0 Å². The lowest BCUT2D eigenvalue weighted by Gasteiger charge is -2.08.